The molecular weight excluding hydrogens is 223 g/mol. The Morgan fingerprint density at radius 2 is 2.06 bits per heavy atom. The maximum Gasteiger partial charge on any atom is 0.416 e. The lowest BCUT2D eigenvalue weighted by molar-refractivity contribution is -0.137. The van der Waals surface area contributed by atoms with Crippen LogP contribution in [-0.4, -0.2) is 13.1 Å². The molecule has 1 aromatic carbocycles. The first-order chi connectivity index (χ1) is 7.40. The Balaban J connectivity index is 3.29. The molecule has 0 radical (unpaired) electrons. The minimum Gasteiger partial charge on any atom is -0.465 e. The van der Waals surface area contributed by atoms with Gasteiger partial charge < -0.3 is 4.74 Å². The van der Waals surface area contributed by atoms with Crippen molar-refractivity contribution >= 4 is 5.97 Å². The molecule has 0 spiro atoms. The monoisotopic (exact) mass is 229 g/mol. The summed E-state index contributed by atoms with van der Waals surface area (Å²) in [6.45, 7) is 0. The van der Waals surface area contributed by atoms with Crippen LogP contribution in [0.15, 0.2) is 18.2 Å². The van der Waals surface area contributed by atoms with E-state index in [-0.39, 0.29) is 11.1 Å². The highest BCUT2D eigenvalue weighted by atomic mass is 19.4. The van der Waals surface area contributed by atoms with Gasteiger partial charge in [-0.1, -0.05) is 0 Å². The van der Waals surface area contributed by atoms with Gasteiger partial charge in [0.15, 0.2) is 0 Å². The fourth-order valence-electron chi connectivity index (χ4n) is 1.10. The Hall–Kier alpha value is -2.03. The number of methoxy groups -OCH3 is 1. The SMILES string of the molecule is COC(=O)c1ccc(C(F)(F)F)cc1C#N. The van der Waals surface area contributed by atoms with Crippen LogP contribution in [0.2, 0.25) is 0 Å². The number of alkyl halides is 3. The molecule has 1 aromatic rings. The van der Waals surface area contributed by atoms with Gasteiger partial charge in [0.1, 0.15) is 6.07 Å². The van der Waals surface area contributed by atoms with Gasteiger partial charge in [-0.05, 0) is 18.2 Å². The first-order valence-corrected chi connectivity index (χ1v) is 4.10. The topological polar surface area (TPSA) is 50.1 Å². The van der Waals surface area contributed by atoms with Gasteiger partial charge in [-0.25, -0.2) is 4.79 Å². The van der Waals surface area contributed by atoms with Crippen LogP contribution in [-0.2, 0) is 10.9 Å². The van der Waals surface area contributed by atoms with Crippen LogP contribution in [0.3, 0.4) is 0 Å². The number of halogens is 3. The average Bonchev–Trinajstić information content (AvgIpc) is 2.26. The number of hydrogen-bond donors (Lipinski definition) is 0. The van der Waals surface area contributed by atoms with Crippen molar-refractivity contribution in [3.8, 4) is 6.07 Å². The van der Waals surface area contributed by atoms with Crippen LogP contribution in [0.4, 0.5) is 13.2 Å². The van der Waals surface area contributed by atoms with E-state index in [1.54, 1.807) is 0 Å². The van der Waals surface area contributed by atoms with Crippen LogP contribution >= 0.6 is 0 Å². The first-order valence-electron chi connectivity index (χ1n) is 4.10. The summed E-state index contributed by atoms with van der Waals surface area (Å²) in [7, 11) is 1.08. The molecule has 0 unspecified atom stereocenters. The second-order valence-corrected chi connectivity index (χ2v) is 2.86. The molecule has 0 bridgehead atoms. The molecule has 0 saturated heterocycles. The van der Waals surface area contributed by atoms with Crippen molar-refractivity contribution in [2.45, 2.75) is 6.18 Å². The molecular formula is C10H6F3NO2. The maximum atomic E-state index is 12.3. The Morgan fingerprint density at radius 1 is 1.44 bits per heavy atom. The number of carbonyl (C=O) groups excluding carboxylic acids is 1. The van der Waals surface area contributed by atoms with Crippen LogP contribution in [0, 0.1) is 11.3 Å². The lowest BCUT2D eigenvalue weighted by Crippen LogP contribution is -2.09. The van der Waals surface area contributed by atoms with Crippen molar-refractivity contribution in [1.29, 1.82) is 5.26 Å². The summed E-state index contributed by atoms with van der Waals surface area (Å²) in [5.74, 6) is -0.842. The number of hydrogen-bond acceptors (Lipinski definition) is 3. The normalized spacial score (nSPS) is 10.7. The van der Waals surface area contributed by atoms with Gasteiger partial charge in [0.25, 0.3) is 0 Å². The zero-order valence-electron chi connectivity index (χ0n) is 8.13. The van der Waals surface area contributed by atoms with E-state index in [1.165, 1.54) is 6.07 Å². The quantitative estimate of drug-likeness (QED) is 0.694. The molecule has 0 aromatic heterocycles. The Bertz CT molecular complexity index is 460. The Morgan fingerprint density at radius 3 is 2.50 bits per heavy atom. The van der Waals surface area contributed by atoms with Gasteiger partial charge in [0.2, 0.25) is 0 Å². The van der Waals surface area contributed by atoms with E-state index in [2.05, 4.69) is 4.74 Å². The molecule has 1 rings (SSSR count). The summed E-state index contributed by atoms with van der Waals surface area (Å²) in [6, 6.07) is 3.79. The fourth-order valence-corrected chi connectivity index (χ4v) is 1.10. The predicted octanol–water partition coefficient (Wildman–Crippen LogP) is 2.36. The summed E-state index contributed by atoms with van der Waals surface area (Å²) in [5.41, 5.74) is -1.52. The van der Waals surface area contributed by atoms with Crippen molar-refractivity contribution in [2.75, 3.05) is 7.11 Å². The van der Waals surface area contributed by atoms with Gasteiger partial charge in [0, 0.05) is 0 Å². The third kappa shape index (κ3) is 2.31. The molecule has 16 heavy (non-hydrogen) atoms. The van der Waals surface area contributed by atoms with Crippen LogP contribution < -0.4 is 0 Å². The predicted molar refractivity (Wildman–Crippen MR) is 47.5 cm³/mol. The summed E-state index contributed by atoms with van der Waals surface area (Å²) in [4.78, 5) is 11.1. The minimum absolute atomic E-state index is 0.182. The van der Waals surface area contributed by atoms with Crippen molar-refractivity contribution in [2.24, 2.45) is 0 Å². The standard InChI is InChI=1S/C10H6F3NO2/c1-16-9(15)8-3-2-7(10(11,12)13)4-6(8)5-14/h2-4H,1H3. The molecule has 0 amide bonds. The van der Waals surface area contributed by atoms with Crippen LogP contribution in [0.1, 0.15) is 21.5 Å². The van der Waals surface area contributed by atoms with Gasteiger partial charge in [-0.2, -0.15) is 18.4 Å². The number of nitriles is 1. The van der Waals surface area contributed by atoms with Crippen LogP contribution in [0.5, 0.6) is 0 Å². The molecule has 0 aliphatic rings. The van der Waals surface area contributed by atoms with E-state index < -0.39 is 17.7 Å². The number of rotatable bonds is 1. The Kier molecular flexibility index (Phi) is 3.18. The highest BCUT2D eigenvalue weighted by Gasteiger charge is 2.31. The van der Waals surface area contributed by atoms with E-state index in [0.717, 1.165) is 19.2 Å². The third-order valence-electron chi connectivity index (χ3n) is 1.87. The van der Waals surface area contributed by atoms with E-state index in [0.29, 0.717) is 6.07 Å². The third-order valence-corrected chi connectivity index (χ3v) is 1.87. The zero-order chi connectivity index (χ0) is 12.3. The van der Waals surface area contributed by atoms with Crippen LogP contribution in [0.25, 0.3) is 0 Å². The van der Waals surface area contributed by atoms with E-state index >= 15 is 0 Å². The summed E-state index contributed by atoms with van der Waals surface area (Å²) < 4.78 is 41.2. The largest absolute Gasteiger partial charge is 0.465 e. The molecule has 84 valence electrons. The number of carbonyl (C=O) groups is 1. The van der Waals surface area contributed by atoms with Crippen molar-refractivity contribution in [1.82, 2.24) is 0 Å². The minimum atomic E-state index is -4.54. The second-order valence-electron chi connectivity index (χ2n) is 2.86. The molecule has 3 nitrogen and oxygen atoms in total. The molecule has 0 atom stereocenters. The smallest absolute Gasteiger partial charge is 0.416 e. The van der Waals surface area contributed by atoms with Gasteiger partial charge in [-0.3, -0.25) is 0 Å². The number of ether oxygens (including phenoxy) is 1. The van der Waals surface area contributed by atoms with E-state index in [1.807, 2.05) is 0 Å². The lowest BCUT2D eigenvalue weighted by atomic mass is 10.0. The molecule has 6 heteroatoms. The summed E-state index contributed by atoms with van der Waals surface area (Å²) in [5, 5.41) is 8.63. The highest BCUT2D eigenvalue weighted by molar-refractivity contribution is 5.92. The van der Waals surface area contributed by atoms with E-state index in [4.69, 9.17) is 5.26 Å². The second kappa shape index (κ2) is 4.23. The lowest BCUT2D eigenvalue weighted by Gasteiger charge is -2.08. The van der Waals surface area contributed by atoms with Gasteiger partial charge in [-0.15, -0.1) is 0 Å². The molecule has 0 N–H and O–H groups in total. The van der Waals surface area contributed by atoms with E-state index in [9.17, 15) is 18.0 Å². The fraction of sp³-hybridized carbons (Fsp3) is 0.200. The maximum absolute atomic E-state index is 12.3. The zero-order valence-corrected chi connectivity index (χ0v) is 8.13. The summed E-state index contributed by atoms with van der Waals surface area (Å²) in [6.07, 6.45) is -4.54. The highest BCUT2D eigenvalue weighted by Crippen LogP contribution is 2.30. The Labute approximate surface area is 89.1 Å². The summed E-state index contributed by atoms with van der Waals surface area (Å²) >= 11 is 0. The molecule has 0 aliphatic heterocycles. The van der Waals surface area contributed by atoms with Crippen molar-refractivity contribution < 1.29 is 22.7 Å². The van der Waals surface area contributed by atoms with Crippen molar-refractivity contribution in [3.05, 3.63) is 34.9 Å². The number of nitrogens with zero attached hydrogens (tertiary/aromatic N) is 1. The first kappa shape index (κ1) is 12.0. The molecule has 0 fully saturated rings. The molecule has 0 heterocycles. The van der Waals surface area contributed by atoms with Gasteiger partial charge in [0.05, 0.1) is 23.8 Å². The van der Waals surface area contributed by atoms with Crippen molar-refractivity contribution in [3.63, 3.8) is 0 Å². The molecule has 0 aliphatic carbocycles. The number of benzene rings is 1. The van der Waals surface area contributed by atoms with Gasteiger partial charge >= 0.3 is 12.1 Å². The molecule has 0 saturated carbocycles. The average molecular weight is 229 g/mol. The number of esters is 1.